The monoisotopic (exact) mass is 200 g/mol. The quantitative estimate of drug-likeness (QED) is 0.728. The van der Waals surface area contributed by atoms with Crippen LogP contribution in [0.4, 0.5) is 0 Å². The Kier molecular flexibility index (Phi) is 3.45. The van der Waals surface area contributed by atoms with E-state index in [1.54, 1.807) is 0 Å². The number of nitrogens with zero attached hydrogens (tertiary/aromatic N) is 3. The number of halogens is 1. The van der Waals surface area contributed by atoms with Gasteiger partial charge in [0.15, 0.2) is 0 Å². The number of nitrogens with one attached hydrogen (secondary N) is 1. The van der Waals surface area contributed by atoms with Crippen molar-refractivity contribution in [1.82, 2.24) is 19.7 Å². The van der Waals surface area contributed by atoms with Gasteiger partial charge in [-0.3, -0.25) is 14.5 Å². The van der Waals surface area contributed by atoms with E-state index in [9.17, 15) is 4.79 Å². The highest BCUT2D eigenvalue weighted by Gasteiger charge is 1.94. The van der Waals surface area contributed by atoms with Crippen LogP contribution in [-0.2, 0) is 6.54 Å². The zero-order valence-corrected chi connectivity index (χ0v) is 7.82. The van der Waals surface area contributed by atoms with Crippen LogP contribution in [0.15, 0.2) is 23.4 Å². The van der Waals surface area contributed by atoms with Gasteiger partial charge >= 0.3 is 0 Å². The third-order valence-corrected chi connectivity index (χ3v) is 1.69. The maximum absolute atomic E-state index is 11.3. The molecule has 0 fully saturated rings. The van der Waals surface area contributed by atoms with Gasteiger partial charge in [0.1, 0.15) is 6.33 Å². The minimum absolute atomic E-state index is 0.102. The maximum atomic E-state index is 11.3. The van der Waals surface area contributed by atoms with E-state index in [4.69, 9.17) is 11.6 Å². The summed E-state index contributed by atoms with van der Waals surface area (Å²) in [4.78, 5) is 15.0. The van der Waals surface area contributed by atoms with Gasteiger partial charge in [-0.15, -0.1) is 5.10 Å². The van der Waals surface area contributed by atoms with Crippen molar-refractivity contribution in [2.24, 2.45) is 0 Å². The van der Waals surface area contributed by atoms with Gasteiger partial charge in [-0.25, -0.2) is 4.98 Å². The molecule has 0 aliphatic carbocycles. The SMILES string of the molecule is CCn1c(Cl)n[nH]cnccc1=O. The molecule has 0 aliphatic heterocycles. The highest BCUT2D eigenvalue weighted by molar-refractivity contribution is 6.28. The lowest BCUT2D eigenvalue weighted by Gasteiger charge is -1.97. The molecule has 0 bridgehead atoms. The van der Waals surface area contributed by atoms with E-state index in [2.05, 4.69) is 15.2 Å². The summed E-state index contributed by atoms with van der Waals surface area (Å²) in [6.07, 6.45) is 2.72. The third kappa shape index (κ3) is 2.55. The van der Waals surface area contributed by atoms with Crippen LogP contribution >= 0.6 is 11.6 Å². The number of hydrogen-bond donors (Lipinski definition) is 1. The van der Waals surface area contributed by atoms with Crippen molar-refractivity contribution >= 4 is 11.6 Å². The summed E-state index contributed by atoms with van der Waals surface area (Å²) in [5.74, 6) is 0. The highest BCUT2D eigenvalue weighted by Crippen LogP contribution is 1.95. The van der Waals surface area contributed by atoms with Crippen molar-refractivity contribution in [2.75, 3.05) is 0 Å². The standard InChI is InChI=1S/C7H9ClN4O/c1-2-12-6(13)3-4-9-5-10-11-7(12)8/h3-5H,2H2,1H3,(H,9,10). The average Bonchev–Trinajstić information content (AvgIpc) is 2.17. The molecule has 6 heteroatoms. The van der Waals surface area contributed by atoms with E-state index < -0.39 is 0 Å². The largest absolute Gasteiger partial charge is 0.282 e. The molecule has 0 saturated carbocycles. The molecule has 0 amide bonds. The van der Waals surface area contributed by atoms with Crippen LogP contribution in [0.25, 0.3) is 0 Å². The van der Waals surface area contributed by atoms with Crippen molar-refractivity contribution < 1.29 is 0 Å². The fraction of sp³-hybridized carbons (Fsp3) is 0.286. The van der Waals surface area contributed by atoms with Gasteiger partial charge in [-0.05, 0) is 18.5 Å². The van der Waals surface area contributed by atoms with Gasteiger partial charge in [0.2, 0.25) is 5.28 Å². The minimum atomic E-state index is -0.239. The molecular weight excluding hydrogens is 192 g/mol. The van der Waals surface area contributed by atoms with Gasteiger partial charge in [0.25, 0.3) is 5.56 Å². The van der Waals surface area contributed by atoms with Crippen LogP contribution < -0.4 is 5.56 Å². The van der Waals surface area contributed by atoms with Crippen LogP contribution in [-0.4, -0.2) is 19.7 Å². The molecule has 1 N–H and O–H groups in total. The molecule has 13 heavy (non-hydrogen) atoms. The maximum Gasteiger partial charge on any atom is 0.254 e. The minimum Gasteiger partial charge on any atom is -0.282 e. The van der Waals surface area contributed by atoms with Gasteiger partial charge in [-0.2, -0.15) is 0 Å². The molecule has 0 spiro atoms. The number of hydrogen-bond acceptors (Lipinski definition) is 3. The number of rotatable bonds is 1. The predicted molar refractivity (Wildman–Crippen MR) is 49.0 cm³/mol. The Hall–Kier alpha value is -1.36. The molecule has 0 unspecified atom stereocenters. The van der Waals surface area contributed by atoms with E-state index in [1.807, 2.05) is 6.92 Å². The molecule has 0 radical (unpaired) electrons. The van der Waals surface area contributed by atoms with Crippen LogP contribution in [0.3, 0.4) is 0 Å². The average molecular weight is 201 g/mol. The zero-order valence-electron chi connectivity index (χ0n) is 7.07. The van der Waals surface area contributed by atoms with E-state index in [1.165, 1.54) is 23.2 Å². The second-order valence-corrected chi connectivity index (χ2v) is 2.52. The van der Waals surface area contributed by atoms with Gasteiger partial charge in [0, 0.05) is 18.8 Å². The summed E-state index contributed by atoms with van der Waals surface area (Å²) >= 11 is 5.72. The molecule has 5 nitrogen and oxygen atoms in total. The second kappa shape index (κ2) is 4.61. The van der Waals surface area contributed by atoms with Crippen LogP contribution in [0, 0.1) is 0 Å². The molecule has 1 aromatic rings. The smallest absolute Gasteiger partial charge is 0.254 e. The Morgan fingerprint density at radius 2 is 2.46 bits per heavy atom. The fourth-order valence-electron chi connectivity index (χ4n) is 0.793. The Labute approximate surface area is 79.7 Å². The van der Waals surface area contributed by atoms with E-state index in [-0.39, 0.29) is 10.8 Å². The van der Waals surface area contributed by atoms with Crippen LogP contribution in [0.5, 0.6) is 0 Å². The lowest BCUT2D eigenvalue weighted by Crippen LogP contribution is -2.17. The van der Waals surface area contributed by atoms with E-state index >= 15 is 0 Å². The Morgan fingerprint density at radius 3 is 3.15 bits per heavy atom. The molecule has 0 saturated heterocycles. The molecule has 1 heterocycles. The highest BCUT2D eigenvalue weighted by atomic mass is 35.5. The summed E-state index contributed by atoms with van der Waals surface area (Å²) in [6.45, 7) is 2.27. The molecule has 70 valence electrons. The molecule has 1 aromatic heterocycles. The van der Waals surface area contributed by atoms with Crippen molar-refractivity contribution in [3.8, 4) is 0 Å². The molecule has 0 aliphatic rings. The van der Waals surface area contributed by atoms with Crippen molar-refractivity contribution in [2.45, 2.75) is 13.5 Å². The topological polar surface area (TPSA) is 63.6 Å². The number of aromatic amines is 1. The van der Waals surface area contributed by atoms with Crippen molar-refractivity contribution in [3.63, 3.8) is 0 Å². The normalized spacial score (nSPS) is 9.38. The first-order valence-corrected chi connectivity index (χ1v) is 4.12. The number of aromatic nitrogens is 4. The summed E-state index contributed by atoms with van der Waals surface area (Å²) in [5.41, 5.74) is -0.239. The fourth-order valence-corrected chi connectivity index (χ4v) is 1.04. The molecule has 0 atom stereocenters. The van der Waals surface area contributed by atoms with Crippen molar-refractivity contribution in [1.29, 1.82) is 0 Å². The van der Waals surface area contributed by atoms with Gasteiger partial charge in [-0.1, -0.05) is 0 Å². The van der Waals surface area contributed by atoms with Crippen molar-refractivity contribution in [3.05, 3.63) is 34.2 Å². The van der Waals surface area contributed by atoms with Gasteiger partial charge < -0.3 is 0 Å². The van der Waals surface area contributed by atoms with Gasteiger partial charge in [0.05, 0.1) is 0 Å². The Morgan fingerprint density at radius 1 is 1.69 bits per heavy atom. The predicted octanol–water partition coefficient (Wildman–Crippen LogP) is 0.764. The molecular formula is C7H9ClN4O. The Balaban J connectivity index is 3.51. The van der Waals surface area contributed by atoms with E-state index in [0.29, 0.717) is 6.54 Å². The van der Waals surface area contributed by atoms with E-state index in [0.717, 1.165) is 0 Å². The summed E-state index contributed by atoms with van der Waals surface area (Å²) in [5, 5.41) is 6.28. The first kappa shape index (κ1) is 9.73. The lowest BCUT2D eigenvalue weighted by atomic mass is 10.6. The first-order valence-electron chi connectivity index (χ1n) is 3.74. The summed E-state index contributed by atoms with van der Waals surface area (Å²) < 4.78 is 1.32. The van der Waals surface area contributed by atoms with Crippen LogP contribution in [0.1, 0.15) is 6.92 Å². The lowest BCUT2D eigenvalue weighted by molar-refractivity contribution is 0.706. The first-order chi connectivity index (χ1) is 6.25. The summed E-state index contributed by atoms with van der Waals surface area (Å²) in [6, 6.07) is 1.32. The second-order valence-electron chi connectivity index (χ2n) is 2.19. The summed E-state index contributed by atoms with van der Waals surface area (Å²) in [7, 11) is 0. The zero-order chi connectivity index (χ0) is 9.68. The molecule has 0 aromatic carbocycles. The Bertz CT molecular complexity index is 382. The molecule has 1 rings (SSSR count). The van der Waals surface area contributed by atoms with Crippen LogP contribution in [0.2, 0.25) is 5.28 Å². The number of H-pyrrole nitrogens is 1. The third-order valence-electron chi connectivity index (χ3n) is 1.40.